The lowest BCUT2D eigenvalue weighted by Crippen LogP contribution is -2.42. The second kappa shape index (κ2) is 7.65. The van der Waals surface area contributed by atoms with E-state index in [2.05, 4.69) is 5.32 Å². The highest BCUT2D eigenvalue weighted by atomic mass is 16.9. The van der Waals surface area contributed by atoms with Crippen LogP contribution in [0.1, 0.15) is 17.5 Å². The van der Waals surface area contributed by atoms with Crippen molar-refractivity contribution in [3.8, 4) is 0 Å². The minimum absolute atomic E-state index is 0.146. The largest absolute Gasteiger partial charge is 0.445 e. The van der Waals surface area contributed by atoms with Gasteiger partial charge in [-0.2, -0.15) is 0 Å². The van der Waals surface area contributed by atoms with E-state index in [1.165, 1.54) is 0 Å². The topological polar surface area (TPSA) is 91.3 Å². The van der Waals surface area contributed by atoms with E-state index < -0.39 is 24.2 Å². The quantitative estimate of drug-likeness (QED) is 0.528. The monoisotopic (exact) mass is 343 g/mol. The first-order valence-corrected chi connectivity index (χ1v) is 8.18. The molecule has 2 aromatic rings. The van der Waals surface area contributed by atoms with Crippen LogP contribution in [0.3, 0.4) is 0 Å². The molecule has 0 aromatic heterocycles. The molecule has 0 bridgehead atoms. The molecule has 25 heavy (non-hydrogen) atoms. The van der Waals surface area contributed by atoms with E-state index in [4.69, 9.17) is 9.47 Å². The molecular weight excluding hydrogens is 322 g/mol. The van der Waals surface area contributed by atoms with Crippen LogP contribution in [0, 0.1) is 0 Å². The Morgan fingerprint density at radius 1 is 1.08 bits per heavy atom. The Balaban J connectivity index is 1.53. The lowest BCUT2D eigenvalue weighted by Gasteiger charge is -2.17. The van der Waals surface area contributed by atoms with Crippen LogP contribution in [0.4, 0.5) is 4.79 Å². The van der Waals surface area contributed by atoms with Gasteiger partial charge >= 0.3 is 12.1 Å². The van der Waals surface area contributed by atoms with Gasteiger partial charge in [0.25, 0.3) is 0 Å². The first-order valence-electron chi connectivity index (χ1n) is 8.18. The maximum Gasteiger partial charge on any atom is 0.407 e. The maximum atomic E-state index is 12.0. The number of hydrogen-bond acceptors (Lipinski definition) is 5. The van der Waals surface area contributed by atoms with Gasteiger partial charge in [0, 0.05) is 0 Å². The number of rotatable bonds is 7. The summed E-state index contributed by atoms with van der Waals surface area (Å²) in [6.07, 6.45) is -0.313. The predicted molar refractivity (Wildman–Crippen MR) is 90.4 cm³/mol. The molecule has 1 heterocycles. The molecule has 6 heteroatoms. The summed E-state index contributed by atoms with van der Waals surface area (Å²) in [5.41, 5.74) is 1.97. The number of carbonyl (C=O) groups excluding carboxylic acids is 1. The average molecular weight is 343 g/mol. The molecule has 1 aliphatic rings. The number of carbonyl (C=O) groups is 1. The van der Waals surface area contributed by atoms with Crippen LogP contribution in [-0.2, 0) is 22.5 Å². The molecular formula is C19H21NO5. The van der Waals surface area contributed by atoms with Crippen LogP contribution < -0.4 is 5.32 Å². The molecule has 2 aromatic carbocycles. The zero-order valence-corrected chi connectivity index (χ0v) is 13.7. The van der Waals surface area contributed by atoms with E-state index in [0.29, 0.717) is 12.8 Å². The van der Waals surface area contributed by atoms with Crippen molar-refractivity contribution < 1.29 is 24.5 Å². The van der Waals surface area contributed by atoms with Crippen LogP contribution in [0.25, 0.3) is 0 Å². The third-order valence-electron chi connectivity index (χ3n) is 4.08. The van der Waals surface area contributed by atoms with Crippen molar-refractivity contribution in [2.24, 2.45) is 0 Å². The molecule has 132 valence electrons. The van der Waals surface area contributed by atoms with Gasteiger partial charge in [-0.15, -0.1) is 0 Å². The number of aryl methyl sites for hydroxylation is 1. The van der Waals surface area contributed by atoms with Gasteiger partial charge in [-0.3, -0.25) is 0 Å². The maximum absolute atomic E-state index is 12.0. The Labute approximate surface area is 146 Å². The fourth-order valence-electron chi connectivity index (χ4n) is 2.68. The second-order valence-electron chi connectivity index (χ2n) is 6.03. The van der Waals surface area contributed by atoms with Gasteiger partial charge in [0.15, 0.2) is 6.10 Å². The summed E-state index contributed by atoms with van der Waals surface area (Å²) < 4.78 is 10.0. The second-order valence-corrected chi connectivity index (χ2v) is 6.03. The van der Waals surface area contributed by atoms with Gasteiger partial charge in [-0.1, -0.05) is 60.7 Å². The molecule has 3 rings (SSSR count). The summed E-state index contributed by atoms with van der Waals surface area (Å²) in [4.78, 5) is 12.0. The van der Waals surface area contributed by atoms with E-state index >= 15 is 0 Å². The SMILES string of the molecule is O=C(N[C@H](CCc1ccccc1)[C@@H]1OC1(O)O)OCc1ccccc1. The minimum Gasteiger partial charge on any atom is -0.445 e. The number of alkyl carbamates (subject to hydrolysis) is 1. The summed E-state index contributed by atoms with van der Waals surface area (Å²) in [6, 6.07) is 18.5. The van der Waals surface area contributed by atoms with Crippen LogP contribution in [-0.4, -0.2) is 34.4 Å². The van der Waals surface area contributed by atoms with Gasteiger partial charge in [-0.25, -0.2) is 4.79 Å². The fraction of sp³-hybridized carbons (Fsp3) is 0.316. The Kier molecular flexibility index (Phi) is 5.33. The van der Waals surface area contributed by atoms with E-state index in [1.807, 2.05) is 60.7 Å². The smallest absolute Gasteiger partial charge is 0.407 e. The van der Waals surface area contributed by atoms with Crippen molar-refractivity contribution >= 4 is 6.09 Å². The number of epoxide rings is 1. The summed E-state index contributed by atoms with van der Waals surface area (Å²) in [5.74, 6) is -2.19. The molecule has 3 N–H and O–H groups in total. The van der Waals surface area contributed by atoms with Gasteiger partial charge in [0.2, 0.25) is 0 Å². The Bertz CT molecular complexity index is 689. The molecule has 1 aliphatic heterocycles. The highest BCUT2D eigenvalue weighted by Crippen LogP contribution is 2.34. The Hall–Kier alpha value is -2.41. The molecule has 0 aliphatic carbocycles. The normalized spacial score (nSPS) is 19.0. The van der Waals surface area contributed by atoms with Crippen LogP contribution >= 0.6 is 0 Å². The van der Waals surface area contributed by atoms with E-state index in [-0.39, 0.29) is 6.61 Å². The van der Waals surface area contributed by atoms with Gasteiger partial charge in [-0.05, 0) is 24.0 Å². The minimum atomic E-state index is -2.19. The van der Waals surface area contributed by atoms with Crippen molar-refractivity contribution in [1.29, 1.82) is 0 Å². The van der Waals surface area contributed by atoms with E-state index in [1.54, 1.807) is 0 Å². The molecule has 0 spiro atoms. The average Bonchev–Trinajstić information content (AvgIpc) is 3.27. The standard InChI is InChI=1S/C19H21NO5/c21-18(24-13-15-9-5-2-6-10-15)20-16(17-19(22,23)25-17)12-11-14-7-3-1-4-8-14/h1-10,16-17,22-23H,11-13H2,(H,20,21)/t16-,17+/m1/s1. The number of amides is 1. The molecule has 0 saturated carbocycles. The van der Waals surface area contributed by atoms with E-state index in [0.717, 1.165) is 11.1 Å². The molecule has 2 atom stereocenters. The van der Waals surface area contributed by atoms with Crippen molar-refractivity contribution in [3.63, 3.8) is 0 Å². The number of ether oxygens (including phenoxy) is 2. The highest BCUT2D eigenvalue weighted by Gasteiger charge is 2.59. The zero-order chi connectivity index (χ0) is 17.7. The lowest BCUT2D eigenvalue weighted by molar-refractivity contribution is -0.150. The number of benzene rings is 2. The van der Waals surface area contributed by atoms with Gasteiger partial charge < -0.3 is 25.0 Å². The summed E-state index contributed by atoms with van der Waals surface area (Å²) in [5, 5.41) is 21.7. The number of hydrogen-bond donors (Lipinski definition) is 3. The van der Waals surface area contributed by atoms with E-state index in [9.17, 15) is 15.0 Å². The van der Waals surface area contributed by atoms with Crippen molar-refractivity contribution in [2.45, 2.75) is 37.6 Å². The highest BCUT2D eigenvalue weighted by molar-refractivity contribution is 5.67. The molecule has 0 unspecified atom stereocenters. The van der Waals surface area contributed by atoms with Crippen molar-refractivity contribution in [2.75, 3.05) is 0 Å². The summed E-state index contributed by atoms with van der Waals surface area (Å²) >= 11 is 0. The van der Waals surface area contributed by atoms with Crippen LogP contribution in [0.15, 0.2) is 60.7 Å². The third kappa shape index (κ3) is 5.03. The predicted octanol–water partition coefficient (Wildman–Crippen LogP) is 1.95. The molecule has 1 fully saturated rings. The fourth-order valence-corrected chi connectivity index (χ4v) is 2.68. The van der Waals surface area contributed by atoms with Crippen LogP contribution in [0.2, 0.25) is 0 Å². The summed E-state index contributed by atoms with van der Waals surface area (Å²) in [6.45, 7) is 0.146. The molecule has 1 saturated heterocycles. The van der Waals surface area contributed by atoms with Crippen molar-refractivity contribution in [1.82, 2.24) is 5.32 Å². The Morgan fingerprint density at radius 2 is 1.64 bits per heavy atom. The first kappa shape index (κ1) is 17.4. The zero-order valence-electron chi connectivity index (χ0n) is 13.7. The van der Waals surface area contributed by atoms with Gasteiger partial charge in [0.1, 0.15) is 6.61 Å². The lowest BCUT2D eigenvalue weighted by atomic mass is 10.0. The first-order chi connectivity index (χ1) is 12.0. The van der Waals surface area contributed by atoms with Crippen molar-refractivity contribution in [3.05, 3.63) is 71.8 Å². The molecule has 6 nitrogen and oxygen atoms in total. The van der Waals surface area contributed by atoms with Crippen LogP contribution in [0.5, 0.6) is 0 Å². The molecule has 0 radical (unpaired) electrons. The number of nitrogens with one attached hydrogen (secondary N) is 1. The Morgan fingerprint density at radius 3 is 2.20 bits per heavy atom. The number of aliphatic hydroxyl groups is 2. The molecule has 1 amide bonds. The summed E-state index contributed by atoms with van der Waals surface area (Å²) in [7, 11) is 0. The van der Waals surface area contributed by atoms with Gasteiger partial charge in [0.05, 0.1) is 6.04 Å². The third-order valence-corrected chi connectivity index (χ3v) is 4.08.